The molecule has 0 aromatic heterocycles. The zero-order valence-electron chi connectivity index (χ0n) is 9.16. The van der Waals surface area contributed by atoms with Crippen LogP contribution in [0.3, 0.4) is 0 Å². The molecule has 0 saturated carbocycles. The zero-order valence-corrected chi connectivity index (χ0v) is 9.16. The summed E-state index contributed by atoms with van der Waals surface area (Å²) in [7, 11) is 0. The fourth-order valence-corrected chi connectivity index (χ4v) is 1.48. The van der Waals surface area contributed by atoms with Crippen LogP contribution in [0.4, 0.5) is 0 Å². The molecule has 1 aliphatic heterocycles. The van der Waals surface area contributed by atoms with Crippen molar-refractivity contribution in [3.05, 3.63) is 24.3 Å². The number of unbranched alkanes of at least 4 members (excludes halogenated alkanes) is 1. The molecule has 2 atom stereocenters. The number of allylic oxidation sites excluding steroid dienone is 1. The first-order chi connectivity index (χ1) is 6.83. The summed E-state index contributed by atoms with van der Waals surface area (Å²) in [4.78, 5) is 0. The highest BCUT2D eigenvalue weighted by atomic mass is 16.8. The molecule has 0 amide bonds. The van der Waals surface area contributed by atoms with E-state index in [1.165, 1.54) is 18.4 Å². The Hall–Kier alpha value is -0.600. The molecule has 1 heterocycles. The number of rotatable bonds is 7. The Balaban J connectivity index is 2.24. The van der Waals surface area contributed by atoms with Gasteiger partial charge in [0.05, 0.1) is 6.61 Å². The van der Waals surface area contributed by atoms with Crippen LogP contribution >= 0.6 is 0 Å². The highest BCUT2D eigenvalue weighted by molar-refractivity contribution is 5.14. The average molecular weight is 196 g/mol. The summed E-state index contributed by atoms with van der Waals surface area (Å²) in [6.45, 7) is 8.45. The third-order valence-corrected chi connectivity index (χ3v) is 2.38. The molecule has 0 N–H and O–H groups in total. The van der Waals surface area contributed by atoms with Gasteiger partial charge in [-0.15, -0.1) is 6.58 Å². The molecule has 14 heavy (non-hydrogen) atoms. The van der Waals surface area contributed by atoms with Gasteiger partial charge in [-0.05, 0) is 25.3 Å². The largest absolute Gasteiger partial charge is 0.346 e. The Morgan fingerprint density at radius 1 is 1.57 bits per heavy atom. The average Bonchev–Trinajstić information content (AvgIpc) is 2.96. The van der Waals surface area contributed by atoms with Gasteiger partial charge in [0, 0.05) is 0 Å². The van der Waals surface area contributed by atoms with Gasteiger partial charge in [0.2, 0.25) is 0 Å². The number of hydrogen-bond donors (Lipinski definition) is 0. The van der Waals surface area contributed by atoms with Gasteiger partial charge in [0.1, 0.15) is 6.10 Å². The van der Waals surface area contributed by atoms with Crippen molar-refractivity contribution < 1.29 is 9.47 Å². The van der Waals surface area contributed by atoms with Gasteiger partial charge in [-0.1, -0.05) is 25.5 Å². The molecule has 2 heteroatoms. The standard InChI is InChI=1S/C12H20O2/c1-4-7-8-10(6-3)11-12(14-11)13-9-5-2/h5-6,11-12H,2,4,7-9H2,1,3H3. The fraction of sp³-hybridized carbons (Fsp3) is 0.667. The van der Waals surface area contributed by atoms with Crippen LogP contribution in [-0.2, 0) is 9.47 Å². The molecule has 0 bridgehead atoms. The van der Waals surface area contributed by atoms with E-state index in [1.54, 1.807) is 6.08 Å². The number of epoxide rings is 1. The lowest BCUT2D eigenvalue weighted by molar-refractivity contribution is 0.0697. The lowest BCUT2D eigenvalue weighted by Crippen LogP contribution is -2.03. The zero-order chi connectivity index (χ0) is 10.4. The highest BCUT2D eigenvalue weighted by Gasteiger charge is 2.41. The maximum atomic E-state index is 5.43. The molecule has 0 spiro atoms. The monoisotopic (exact) mass is 196 g/mol. The lowest BCUT2D eigenvalue weighted by atomic mass is 10.1. The highest BCUT2D eigenvalue weighted by Crippen LogP contribution is 2.32. The summed E-state index contributed by atoms with van der Waals surface area (Å²) >= 11 is 0. The Labute approximate surface area is 86.6 Å². The first-order valence-electron chi connectivity index (χ1n) is 5.36. The predicted octanol–water partition coefficient (Wildman–Crippen LogP) is 3.05. The molecule has 80 valence electrons. The first kappa shape index (κ1) is 11.5. The van der Waals surface area contributed by atoms with Crippen molar-refractivity contribution in [2.24, 2.45) is 0 Å². The fourth-order valence-electron chi connectivity index (χ4n) is 1.48. The van der Waals surface area contributed by atoms with Crippen molar-refractivity contribution in [1.29, 1.82) is 0 Å². The van der Waals surface area contributed by atoms with Crippen molar-refractivity contribution >= 4 is 0 Å². The Bertz CT molecular complexity index is 208. The van der Waals surface area contributed by atoms with E-state index in [9.17, 15) is 0 Å². The van der Waals surface area contributed by atoms with Crippen molar-refractivity contribution in [1.82, 2.24) is 0 Å². The van der Waals surface area contributed by atoms with E-state index >= 15 is 0 Å². The molecule has 1 saturated heterocycles. The Kier molecular flexibility index (Phi) is 4.91. The summed E-state index contributed by atoms with van der Waals surface area (Å²) in [5, 5.41) is 0. The van der Waals surface area contributed by atoms with E-state index in [0.717, 1.165) is 6.42 Å². The van der Waals surface area contributed by atoms with Gasteiger partial charge in [0.15, 0.2) is 6.29 Å². The van der Waals surface area contributed by atoms with Crippen LogP contribution in [0.5, 0.6) is 0 Å². The first-order valence-corrected chi connectivity index (χ1v) is 5.36. The molecule has 2 nitrogen and oxygen atoms in total. The number of hydrogen-bond acceptors (Lipinski definition) is 2. The SMILES string of the molecule is C=CCOC1OC1C(=CC)CCCC. The molecule has 2 unspecified atom stereocenters. The molecule has 0 radical (unpaired) electrons. The van der Waals surface area contributed by atoms with E-state index in [4.69, 9.17) is 9.47 Å². The second kappa shape index (κ2) is 5.99. The van der Waals surface area contributed by atoms with Crippen LogP contribution in [0.15, 0.2) is 24.3 Å². The minimum atomic E-state index is -0.0175. The molecule has 0 aromatic carbocycles. The third-order valence-electron chi connectivity index (χ3n) is 2.38. The Morgan fingerprint density at radius 2 is 2.36 bits per heavy atom. The molecule has 1 fully saturated rings. The van der Waals surface area contributed by atoms with Gasteiger partial charge in [0.25, 0.3) is 0 Å². The maximum absolute atomic E-state index is 5.43. The van der Waals surface area contributed by atoms with E-state index in [0.29, 0.717) is 6.61 Å². The van der Waals surface area contributed by atoms with Gasteiger partial charge in [-0.25, -0.2) is 0 Å². The maximum Gasteiger partial charge on any atom is 0.189 e. The van der Waals surface area contributed by atoms with E-state index in [1.807, 2.05) is 0 Å². The predicted molar refractivity (Wildman–Crippen MR) is 58.1 cm³/mol. The van der Waals surface area contributed by atoms with E-state index in [-0.39, 0.29) is 12.4 Å². The van der Waals surface area contributed by atoms with Crippen LogP contribution in [0.1, 0.15) is 33.1 Å². The summed E-state index contributed by atoms with van der Waals surface area (Å²) < 4.78 is 10.8. The lowest BCUT2D eigenvalue weighted by Gasteiger charge is -2.01. The van der Waals surface area contributed by atoms with Crippen molar-refractivity contribution in [3.63, 3.8) is 0 Å². The second-order valence-corrected chi connectivity index (χ2v) is 3.51. The smallest absolute Gasteiger partial charge is 0.189 e. The summed E-state index contributed by atoms with van der Waals surface area (Å²) in [5.41, 5.74) is 1.38. The molecule has 1 aliphatic rings. The molecular weight excluding hydrogens is 176 g/mol. The minimum Gasteiger partial charge on any atom is -0.346 e. The van der Waals surface area contributed by atoms with E-state index in [2.05, 4.69) is 26.5 Å². The quantitative estimate of drug-likeness (QED) is 0.461. The van der Waals surface area contributed by atoms with Crippen molar-refractivity contribution in [3.8, 4) is 0 Å². The van der Waals surface area contributed by atoms with Crippen LogP contribution in [0.2, 0.25) is 0 Å². The number of ether oxygens (including phenoxy) is 2. The Morgan fingerprint density at radius 3 is 2.93 bits per heavy atom. The normalized spacial score (nSPS) is 26.3. The summed E-state index contributed by atoms with van der Waals surface area (Å²) in [6.07, 6.45) is 7.68. The van der Waals surface area contributed by atoms with Crippen LogP contribution in [-0.4, -0.2) is 19.0 Å². The van der Waals surface area contributed by atoms with Gasteiger partial charge in [-0.2, -0.15) is 0 Å². The topological polar surface area (TPSA) is 21.8 Å². The van der Waals surface area contributed by atoms with E-state index < -0.39 is 0 Å². The van der Waals surface area contributed by atoms with Crippen LogP contribution in [0, 0.1) is 0 Å². The van der Waals surface area contributed by atoms with Crippen molar-refractivity contribution in [2.75, 3.05) is 6.61 Å². The minimum absolute atomic E-state index is 0.0175. The molecular formula is C12H20O2. The van der Waals surface area contributed by atoms with Gasteiger partial charge < -0.3 is 9.47 Å². The van der Waals surface area contributed by atoms with Crippen LogP contribution < -0.4 is 0 Å². The molecule has 1 rings (SSSR count). The van der Waals surface area contributed by atoms with Crippen LogP contribution in [0.25, 0.3) is 0 Å². The third kappa shape index (κ3) is 3.28. The summed E-state index contributed by atoms with van der Waals surface area (Å²) in [5.74, 6) is 0. The van der Waals surface area contributed by atoms with Gasteiger partial charge in [-0.3, -0.25) is 0 Å². The molecule has 0 aliphatic carbocycles. The van der Waals surface area contributed by atoms with Gasteiger partial charge >= 0.3 is 0 Å². The summed E-state index contributed by atoms with van der Waals surface area (Å²) in [6, 6.07) is 0. The molecule has 0 aromatic rings. The second-order valence-electron chi connectivity index (χ2n) is 3.51. The van der Waals surface area contributed by atoms with Crippen molar-refractivity contribution in [2.45, 2.75) is 45.5 Å².